The van der Waals surface area contributed by atoms with Crippen LogP contribution in [0.5, 0.6) is 0 Å². The van der Waals surface area contributed by atoms with Gasteiger partial charge in [0.15, 0.2) is 45.6 Å². The number of fused-ring (bicyclic) bond motifs is 6. The largest absolute Gasteiger partial charge is 0.204 e. The van der Waals surface area contributed by atoms with E-state index in [1.165, 1.54) is 0 Å². The van der Waals surface area contributed by atoms with E-state index < -0.39 is 34.9 Å². The molecule has 7 aromatic carbocycles. The van der Waals surface area contributed by atoms with Crippen molar-refractivity contribution in [3.8, 4) is 22.3 Å². The van der Waals surface area contributed by atoms with Gasteiger partial charge >= 0.3 is 0 Å². The van der Waals surface area contributed by atoms with Crippen molar-refractivity contribution in [3.05, 3.63) is 141 Å². The van der Waals surface area contributed by atoms with Gasteiger partial charge in [-0.05, 0) is 92.3 Å². The molecule has 7 rings (SSSR count). The third-order valence-electron chi connectivity index (χ3n) is 7.73. The van der Waals surface area contributed by atoms with Gasteiger partial charge in [-0.15, -0.1) is 9.91 Å². The molecule has 0 spiro atoms. The van der Waals surface area contributed by atoms with Crippen LogP contribution < -0.4 is 10.7 Å². The lowest BCUT2D eigenvalue weighted by Crippen LogP contribution is -2.00. The van der Waals surface area contributed by atoms with E-state index in [9.17, 15) is 26.3 Å². The lowest BCUT2D eigenvalue weighted by Gasteiger charge is -2.05. The highest BCUT2D eigenvalue weighted by Gasteiger charge is 2.20. The molecule has 0 saturated heterocycles. The minimum atomic E-state index is -1.58. The Morgan fingerprint density at radius 3 is 1.09 bits per heavy atom. The number of benzene rings is 5. The Hall–Kier alpha value is -6.00. The zero-order chi connectivity index (χ0) is 30.9. The molecule has 0 amide bonds. The molecule has 4 nitrogen and oxygen atoms in total. The summed E-state index contributed by atoms with van der Waals surface area (Å²) >= 11 is 0. The first-order valence-electron chi connectivity index (χ1n) is 12.9. The molecule has 0 aliphatic heterocycles. The van der Waals surface area contributed by atoms with Crippen LogP contribution >= 0.6 is 0 Å². The molecular formula is C34H12F6N4. The van der Waals surface area contributed by atoms with E-state index in [0.29, 0.717) is 54.2 Å². The molecule has 0 N–H and O–H groups in total. The second-order valence-corrected chi connectivity index (χ2v) is 10.1. The van der Waals surface area contributed by atoms with Gasteiger partial charge in [0.25, 0.3) is 0 Å². The lowest BCUT2D eigenvalue weighted by atomic mass is 10.0. The summed E-state index contributed by atoms with van der Waals surface area (Å²) in [6, 6.07) is 17.0. The van der Waals surface area contributed by atoms with E-state index in [1.807, 2.05) is 6.07 Å². The Morgan fingerprint density at radius 2 is 0.727 bits per heavy atom. The average Bonchev–Trinajstić information content (AvgIpc) is 3.48. The predicted octanol–water partition coefficient (Wildman–Crippen LogP) is 8.81. The first-order chi connectivity index (χ1) is 21.2. The van der Waals surface area contributed by atoms with Gasteiger partial charge in [-0.3, -0.25) is 0 Å². The summed E-state index contributed by atoms with van der Waals surface area (Å²) in [6.07, 6.45) is 0. The fraction of sp³-hybridized carbons (Fsp3) is 0. The molecule has 210 valence electrons. The highest BCUT2D eigenvalue weighted by Crippen LogP contribution is 2.36. The third kappa shape index (κ3) is 3.92. The molecule has 0 bridgehead atoms. The molecule has 0 aromatic heterocycles. The number of nitrogens with zero attached hydrogens (tertiary/aromatic N) is 4. The summed E-state index contributed by atoms with van der Waals surface area (Å²) in [7, 11) is 0. The molecule has 0 aliphatic rings. The normalized spacial score (nSPS) is 12.5. The van der Waals surface area contributed by atoms with Crippen molar-refractivity contribution in [2.75, 3.05) is 0 Å². The molecule has 0 heterocycles. The summed E-state index contributed by atoms with van der Waals surface area (Å²) in [5.74, 6) is -8.49. The Morgan fingerprint density at radius 1 is 0.386 bits per heavy atom. The molecule has 0 unspecified atom stereocenters. The fourth-order valence-corrected chi connectivity index (χ4v) is 5.80. The van der Waals surface area contributed by atoms with Crippen LogP contribution in [0.1, 0.15) is 0 Å². The molecule has 44 heavy (non-hydrogen) atoms. The molecular weight excluding hydrogens is 578 g/mol. The van der Waals surface area contributed by atoms with Crippen molar-refractivity contribution in [2.45, 2.75) is 0 Å². The van der Waals surface area contributed by atoms with E-state index in [-0.39, 0.29) is 21.8 Å². The van der Waals surface area contributed by atoms with Crippen molar-refractivity contribution >= 4 is 43.1 Å². The second-order valence-electron chi connectivity index (χ2n) is 10.1. The van der Waals surface area contributed by atoms with Crippen LogP contribution in [-0.2, 0) is 0 Å². The van der Waals surface area contributed by atoms with E-state index in [4.69, 9.17) is 13.1 Å². The molecule has 0 aliphatic carbocycles. The summed E-state index contributed by atoms with van der Waals surface area (Å²) in [5.41, 5.74) is 0.951. The summed E-state index contributed by atoms with van der Waals surface area (Å²) in [5, 5.41) is 13.5. The van der Waals surface area contributed by atoms with E-state index >= 15 is 0 Å². The molecule has 0 atom stereocenters. The molecule has 0 saturated carbocycles. The van der Waals surface area contributed by atoms with Crippen LogP contribution in [0, 0.1) is 48.0 Å². The van der Waals surface area contributed by atoms with E-state index in [1.54, 1.807) is 42.5 Å². The number of halogens is 6. The zero-order valence-electron chi connectivity index (χ0n) is 22.0. The Balaban J connectivity index is 1.52. The van der Waals surface area contributed by atoms with Gasteiger partial charge in [0, 0.05) is 21.5 Å². The first-order valence-corrected chi connectivity index (χ1v) is 12.9. The number of rotatable bonds is 2. The van der Waals surface area contributed by atoms with Gasteiger partial charge in [0.2, 0.25) is 0 Å². The van der Waals surface area contributed by atoms with Crippen LogP contribution in [0.15, 0.2) is 83.0 Å². The van der Waals surface area contributed by atoms with Crippen LogP contribution in [-0.4, -0.2) is 0 Å². The van der Waals surface area contributed by atoms with Gasteiger partial charge in [-0.1, -0.05) is 24.3 Å². The van der Waals surface area contributed by atoms with Gasteiger partial charge in [0.1, 0.15) is 0 Å². The highest BCUT2D eigenvalue weighted by molar-refractivity contribution is 6.21. The van der Waals surface area contributed by atoms with Crippen molar-refractivity contribution in [2.24, 2.45) is 10.2 Å². The van der Waals surface area contributed by atoms with Crippen LogP contribution in [0.2, 0.25) is 0 Å². The van der Waals surface area contributed by atoms with Crippen LogP contribution in [0.4, 0.5) is 26.3 Å². The van der Waals surface area contributed by atoms with Crippen LogP contribution in [0.3, 0.4) is 0 Å². The summed E-state index contributed by atoms with van der Waals surface area (Å²) < 4.78 is 83.1. The number of hydrogen-bond acceptors (Lipinski definition) is 2. The minimum Gasteiger partial charge on any atom is -0.204 e. The second kappa shape index (κ2) is 9.79. The van der Waals surface area contributed by atoms with Crippen LogP contribution in [0.25, 0.3) is 75.3 Å². The van der Waals surface area contributed by atoms with Crippen molar-refractivity contribution in [1.29, 1.82) is 0 Å². The Bertz CT molecular complexity index is 2380. The van der Waals surface area contributed by atoms with Gasteiger partial charge in [0.05, 0.1) is 10.2 Å². The summed E-state index contributed by atoms with van der Waals surface area (Å²) in [4.78, 5) is 6.43. The predicted molar refractivity (Wildman–Crippen MR) is 154 cm³/mol. The highest BCUT2D eigenvalue weighted by atomic mass is 19.2. The molecule has 0 radical (unpaired) electrons. The van der Waals surface area contributed by atoms with E-state index in [2.05, 4.69) is 20.1 Å². The standard InChI is InChI=1S/C34H12F6N4/c1-41-43-33-23-7-15(17-9-27(35)31(39)28(36)10-17)3-5-19(23)21-13-22-20-6-4-16(18-11-29(37)32(40)30(38)12-18)8-24(20)34(44-42-2)26(22)14-25(21)33/h3-14H/b43-33-,44-34+. The molecule has 10 heteroatoms. The molecule has 7 aromatic rings. The fourth-order valence-electron chi connectivity index (χ4n) is 5.80. The first kappa shape index (κ1) is 26.9. The maximum atomic E-state index is 14.0. The quantitative estimate of drug-likeness (QED) is 0.0835. The third-order valence-corrected chi connectivity index (χ3v) is 7.73. The Kier molecular flexibility index (Phi) is 5.98. The zero-order valence-corrected chi connectivity index (χ0v) is 22.0. The van der Waals surface area contributed by atoms with Crippen molar-refractivity contribution < 1.29 is 26.3 Å². The molecule has 0 fully saturated rings. The monoisotopic (exact) mass is 590 g/mol. The lowest BCUT2D eigenvalue weighted by molar-refractivity contribution is 0.447. The Labute approximate surface area is 243 Å². The maximum absolute atomic E-state index is 14.0. The SMILES string of the molecule is [C-]#[N+]/N=c1/c2cc(-c3cc(F)c(F)c(F)c3)ccc2c2cc3c(cc12)/c(=N/[N+]#[C-])c1cc(-c2cc(F)c(F)c(F)c2)ccc13. The average molecular weight is 590 g/mol. The maximum Gasteiger partial charge on any atom is 0.194 e. The topological polar surface area (TPSA) is 33.4 Å². The van der Waals surface area contributed by atoms with E-state index in [0.717, 1.165) is 24.3 Å². The van der Waals surface area contributed by atoms with Gasteiger partial charge in [-0.25, -0.2) is 26.3 Å². The van der Waals surface area contributed by atoms with Crippen molar-refractivity contribution in [1.82, 2.24) is 0 Å². The smallest absolute Gasteiger partial charge is 0.194 e. The summed E-state index contributed by atoms with van der Waals surface area (Å²) in [6.45, 7) is 14.8. The number of hydrogen-bond donors (Lipinski definition) is 0. The van der Waals surface area contributed by atoms with Crippen molar-refractivity contribution in [3.63, 3.8) is 0 Å². The van der Waals surface area contributed by atoms with Gasteiger partial charge in [-0.2, -0.15) is 13.1 Å². The minimum absolute atomic E-state index is 0.0990. The van der Waals surface area contributed by atoms with Gasteiger partial charge < -0.3 is 0 Å².